The third-order valence-electron chi connectivity index (χ3n) is 3.71. The highest BCUT2D eigenvalue weighted by Gasteiger charge is 2.13. The first-order valence-electron chi connectivity index (χ1n) is 7.69. The number of anilines is 1. The molecule has 0 spiro atoms. The van der Waals surface area contributed by atoms with Crippen LogP contribution in [-0.4, -0.2) is 15.8 Å². The largest absolute Gasteiger partial charge is 0.298 e. The van der Waals surface area contributed by atoms with Crippen LogP contribution in [0.4, 0.5) is 10.8 Å². The molecule has 0 aliphatic carbocycles. The molecule has 2 aromatic carbocycles. The summed E-state index contributed by atoms with van der Waals surface area (Å²) < 4.78 is 0.901. The van der Waals surface area contributed by atoms with E-state index in [4.69, 9.17) is 0 Å². The maximum atomic E-state index is 12.3. The number of rotatable bonds is 5. The summed E-state index contributed by atoms with van der Waals surface area (Å²) in [6.07, 6.45) is 0.527. The third-order valence-corrected chi connectivity index (χ3v) is 5.31. The van der Waals surface area contributed by atoms with Gasteiger partial charge in [0.2, 0.25) is 0 Å². The van der Waals surface area contributed by atoms with Crippen LogP contribution < -0.4 is 5.32 Å². The van der Waals surface area contributed by atoms with E-state index in [2.05, 4.69) is 26.2 Å². The minimum atomic E-state index is -0.410. The van der Waals surface area contributed by atoms with E-state index in [1.165, 1.54) is 17.4 Å². The van der Waals surface area contributed by atoms with Gasteiger partial charge in [-0.2, -0.15) is 0 Å². The monoisotopic (exact) mass is 431 g/mol. The van der Waals surface area contributed by atoms with Gasteiger partial charge in [0.05, 0.1) is 10.6 Å². The first kappa shape index (κ1) is 18.2. The van der Waals surface area contributed by atoms with Crippen LogP contribution in [0.15, 0.2) is 53.0 Å². The fourth-order valence-corrected chi connectivity index (χ4v) is 3.64. The molecule has 0 saturated heterocycles. The lowest BCUT2D eigenvalue weighted by Crippen LogP contribution is -2.11. The molecule has 1 aromatic heterocycles. The topological polar surface area (TPSA) is 85.1 Å². The molecular formula is C18H14BrN3O3S. The number of carbonyl (C=O) groups excluding carboxylic acids is 1. The predicted octanol–water partition coefficient (Wildman–Crippen LogP) is 4.97. The highest BCUT2D eigenvalue weighted by molar-refractivity contribution is 9.10. The zero-order valence-electron chi connectivity index (χ0n) is 13.7. The molecule has 6 nitrogen and oxygen atoms in total. The summed E-state index contributed by atoms with van der Waals surface area (Å²) in [6, 6.07) is 13.6. The number of carbonyl (C=O) groups is 1. The second-order valence-electron chi connectivity index (χ2n) is 5.59. The molecule has 132 valence electrons. The SMILES string of the molecule is Cc1nc(NC(=O)c2ccc(Br)cc2)sc1Cc1cccc([N+](=O)[O-])c1. The first-order valence-corrected chi connectivity index (χ1v) is 9.30. The van der Waals surface area contributed by atoms with Gasteiger partial charge in [0, 0.05) is 33.5 Å². The normalized spacial score (nSPS) is 10.5. The molecule has 0 aliphatic heterocycles. The highest BCUT2D eigenvalue weighted by atomic mass is 79.9. The smallest absolute Gasteiger partial charge is 0.269 e. The second-order valence-corrected chi connectivity index (χ2v) is 7.59. The molecule has 0 unspecified atom stereocenters. The Hall–Kier alpha value is -2.58. The number of benzene rings is 2. The average Bonchev–Trinajstić information content (AvgIpc) is 2.94. The van der Waals surface area contributed by atoms with E-state index in [1.807, 2.05) is 13.0 Å². The van der Waals surface area contributed by atoms with Crippen molar-refractivity contribution in [2.24, 2.45) is 0 Å². The summed E-state index contributed by atoms with van der Waals surface area (Å²) in [5.74, 6) is -0.229. The van der Waals surface area contributed by atoms with Crippen molar-refractivity contribution in [3.63, 3.8) is 0 Å². The van der Waals surface area contributed by atoms with E-state index in [0.29, 0.717) is 17.1 Å². The zero-order chi connectivity index (χ0) is 18.7. The van der Waals surface area contributed by atoms with Crippen molar-refractivity contribution in [3.05, 3.63) is 84.8 Å². The summed E-state index contributed by atoms with van der Waals surface area (Å²) in [5, 5.41) is 14.2. The van der Waals surface area contributed by atoms with Gasteiger partial charge in [-0.25, -0.2) is 4.98 Å². The number of amides is 1. The molecule has 1 N–H and O–H groups in total. The number of aryl methyl sites for hydroxylation is 1. The van der Waals surface area contributed by atoms with Crippen molar-refractivity contribution in [1.29, 1.82) is 0 Å². The van der Waals surface area contributed by atoms with Crippen LogP contribution in [-0.2, 0) is 6.42 Å². The predicted molar refractivity (Wildman–Crippen MR) is 105 cm³/mol. The first-order chi connectivity index (χ1) is 12.4. The van der Waals surface area contributed by atoms with E-state index in [9.17, 15) is 14.9 Å². The molecule has 0 fully saturated rings. The van der Waals surface area contributed by atoms with Crippen molar-refractivity contribution >= 4 is 44.0 Å². The van der Waals surface area contributed by atoms with Crippen LogP contribution in [0.5, 0.6) is 0 Å². The molecule has 8 heteroatoms. The quantitative estimate of drug-likeness (QED) is 0.456. The number of thiazole rings is 1. The minimum absolute atomic E-state index is 0.0634. The van der Waals surface area contributed by atoms with Crippen LogP contribution >= 0.6 is 27.3 Å². The molecule has 0 saturated carbocycles. The minimum Gasteiger partial charge on any atom is -0.298 e. The number of aromatic nitrogens is 1. The molecule has 26 heavy (non-hydrogen) atoms. The Morgan fingerprint density at radius 2 is 2.00 bits per heavy atom. The van der Waals surface area contributed by atoms with Gasteiger partial charge in [-0.3, -0.25) is 20.2 Å². The number of hydrogen-bond acceptors (Lipinski definition) is 5. The van der Waals surface area contributed by atoms with E-state index in [-0.39, 0.29) is 11.6 Å². The summed E-state index contributed by atoms with van der Waals surface area (Å²) in [4.78, 5) is 28.1. The zero-order valence-corrected chi connectivity index (χ0v) is 16.1. The van der Waals surface area contributed by atoms with E-state index < -0.39 is 4.92 Å². The van der Waals surface area contributed by atoms with Crippen molar-refractivity contribution in [1.82, 2.24) is 4.98 Å². The maximum absolute atomic E-state index is 12.3. The molecule has 0 radical (unpaired) electrons. The number of hydrogen-bond donors (Lipinski definition) is 1. The third kappa shape index (κ3) is 4.33. The molecule has 1 heterocycles. The van der Waals surface area contributed by atoms with Crippen molar-refractivity contribution in [2.75, 3.05) is 5.32 Å². The van der Waals surface area contributed by atoms with E-state index >= 15 is 0 Å². The van der Waals surface area contributed by atoms with E-state index in [1.54, 1.807) is 36.4 Å². The van der Waals surface area contributed by atoms with Crippen molar-refractivity contribution in [2.45, 2.75) is 13.3 Å². The van der Waals surface area contributed by atoms with Crippen LogP contribution in [0, 0.1) is 17.0 Å². The van der Waals surface area contributed by atoms with Gasteiger partial charge >= 0.3 is 0 Å². The Labute approximate surface area is 162 Å². The summed E-state index contributed by atoms with van der Waals surface area (Å²) in [7, 11) is 0. The van der Waals surface area contributed by atoms with Crippen molar-refractivity contribution < 1.29 is 9.72 Å². The van der Waals surface area contributed by atoms with Crippen molar-refractivity contribution in [3.8, 4) is 0 Å². The average molecular weight is 432 g/mol. The molecule has 3 aromatic rings. The lowest BCUT2D eigenvalue weighted by atomic mass is 10.1. The van der Waals surface area contributed by atoms with Gasteiger partial charge in [0.1, 0.15) is 0 Å². The summed E-state index contributed by atoms with van der Waals surface area (Å²) >= 11 is 4.71. The van der Waals surface area contributed by atoms with Crippen LogP contribution in [0.1, 0.15) is 26.5 Å². The molecule has 0 aliphatic rings. The highest BCUT2D eigenvalue weighted by Crippen LogP contribution is 2.27. The van der Waals surface area contributed by atoms with Gasteiger partial charge in [0.15, 0.2) is 5.13 Å². The molecular weight excluding hydrogens is 418 g/mol. The Bertz CT molecular complexity index is 970. The number of non-ortho nitro benzene ring substituents is 1. The number of halogens is 1. The Morgan fingerprint density at radius 1 is 1.27 bits per heavy atom. The fourth-order valence-electron chi connectivity index (χ4n) is 2.38. The molecule has 3 rings (SSSR count). The number of nitrogens with zero attached hydrogens (tertiary/aromatic N) is 2. The molecule has 1 amide bonds. The van der Waals surface area contributed by atoms with Gasteiger partial charge in [0.25, 0.3) is 11.6 Å². The number of nitrogens with one attached hydrogen (secondary N) is 1. The van der Waals surface area contributed by atoms with Crippen LogP contribution in [0.2, 0.25) is 0 Å². The Kier molecular flexibility index (Phi) is 5.43. The molecule has 0 atom stereocenters. The van der Waals surface area contributed by atoms with Gasteiger partial charge in [-0.1, -0.05) is 28.1 Å². The fraction of sp³-hybridized carbons (Fsp3) is 0.111. The summed E-state index contributed by atoms with van der Waals surface area (Å²) in [6.45, 7) is 1.86. The van der Waals surface area contributed by atoms with Gasteiger partial charge in [-0.15, -0.1) is 11.3 Å². The van der Waals surface area contributed by atoms with E-state index in [0.717, 1.165) is 20.6 Å². The summed E-state index contributed by atoms with van der Waals surface area (Å²) in [5.41, 5.74) is 2.24. The Balaban J connectivity index is 1.74. The lowest BCUT2D eigenvalue weighted by molar-refractivity contribution is -0.384. The van der Waals surface area contributed by atoms with Crippen LogP contribution in [0.3, 0.4) is 0 Å². The maximum Gasteiger partial charge on any atom is 0.269 e. The standard InChI is InChI=1S/C18H14BrN3O3S/c1-11-16(10-12-3-2-4-15(9-12)22(24)25)26-18(20-11)21-17(23)13-5-7-14(19)8-6-13/h2-9H,10H2,1H3,(H,20,21,23). The number of nitro benzene ring substituents is 1. The second kappa shape index (κ2) is 7.76. The van der Waals surface area contributed by atoms with Gasteiger partial charge < -0.3 is 0 Å². The molecule has 0 bridgehead atoms. The van der Waals surface area contributed by atoms with Gasteiger partial charge in [-0.05, 0) is 36.8 Å². The van der Waals surface area contributed by atoms with Crippen LogP contribution in [0.25, 0.3) is 0 Å². The lowest BCUT2D eigenvalue weighted by Gasteiger charge is -2.01. The number of nitro groups is 1. The Morgan fingerprint density at radius 3 is 2.69 bits per heavy atom.